The third-order valence-corrected chi connectivity index (χ3v) is 4.87. The number of amides is 1. The molecule has 0 aliphatic carbocycles. The van der Waals surface area contributed by atoms with Crippen LogP contribution in [0.5, 0.6) is 5.75 Å². The van der Waals surface area contributed by atoms with Gasteiger partial charge in [-0.15, -0.1) is 0 Å². The lowest BCUT2D eigenvalue weighted by Crippen LogP contribution is -2.48. The fourth-order valence-electron chi connectivity index (χ4n) is 3.47. The van der Waals surface area contributed by atoms with Gasteiger partial charge in [0.25, 0.3) is 5.91 Å². The molecule has 23 heavy (non-hydrogen) atoms. The molecule has 6 heteroatoms. The average molecular weight is 317 g/mol. The largest absolute Gasteiger partial charge is 0.509 e. The number of hydrogen-bond acceptors (Lipinski definition) is 5. The lowest BCUT2D eigenvalue weighted by Gasteiger charge is -2.36. The molecule has 1 amide bonds. The van der Waals surface area contributed by atoms with Gasteiger partial charge in [0.05, 0.1) is 6.61 Å². The number of piperidine rings is 1. The van der Waals surface area contributed by atoms with Crippen molar-refractivity contribution < 1.29 is 23.8 Å². The maximum absolute atomic E-state index is 12.7. The highest BCUT2D eigenvalue weighted by molar-refractivity contribution is 5.94. The molecule has 0 unspecified atom stereocenters. The molecule has 4 rings (SSSR count). The monoisotopic (exact) mass is 317 g/mol. The summed E-state index contributed by atoms with van der Waals surface area (Å²) >= 11 is 0. The van der Waals surface area contributed by atoms with Gasteiger partial charge in [-0.1, -0.05) is 0 Å². The molecule has 1 spiro atoms. The van der Waals surface area contributed by atoms with Crippen molar-refractivity contribution in [2.45, 2.75) is 31.3 Å². The molecule has 0 radical (unpaired) electrons. The van der Waals surface area contributed by atoms with Crippen molar-refractivity contribution in [3.8, 4) is 5.75 Å². The van der Waals surface area contributed by atoms with Crippen molar-refractivity contribution in [2.75, 3.05) is 26.3 Å². The number of fused-ring (bicyclic) bond motifs is 1. The molecule has 3 aliphatic heterocycles. The van der Waals surface area contributed by atoms with E-state index in [0.717, 1.165) is 30.8 Å². The summed E-state index contributed by atoms with van der Waals surface area (Å²) in [5.41, 5.74) is 1.27. The van der Waals surface area contributed by atoms with Gasteiger partial charge in [0.1, 0.15) is 12.4 Å². The normalized spacial score (nSPS) is 22.1. The molecule has 3 aliphatic rings. The predicted octanol–water partition coefficient (Wildman–Crippen LogP) is 2.15. The molecule has 2 saturated heterocycles. The van der Waals surface area contributed by atoms with Crippen LogP contribution in [-0.4, -0.2) is 48.9 Å². The van der Waals surface area contributed by atoms with E-state index in [9.17, 15) is 9.59 Å². The van der Waals surface area contributed by atoms with Crippen molar-refractivity contribution in [1.82, 2.24) is 4.90 Å². The van der Waals surface area contributed by atoms with E-state index in [1.165, 1.54) is 0 Å². The molecule has 1 aromatic carbocycles. The van der Waals surface area contributed by atoms with Crippen LogP contribution in [0.4, 0.5) is 4.79 Å². The Bertz CT molecular complexity index is 648. The van der Waals surface area contributed by atoms with E-state index in [4.69, 9.17) is 14.2 Å². The number of likely N-dealkylation sites (tertiary alicyclic amines) is 1. The number of ether oxygens (including phenoxy) is 3. The third kappa shape index (κ3) is 2.62. The summed E-state index contributed by atoms with van der Waals surface area (Å²) < 4.78 is 15.8. The van der Waals surface area contributed by atoms with Crippen molar-refractivity contribution in [2.24, 2.45) is 0 Å². The molecule has 0 aromatic heterocycles. The Labute approximate surface area is 134 Å². The van der Waals surface area contributed by atoms with E-state index in [1.54, 1.807) is 0 Å². The quantitative estimate of drug-likeness (QED) is 0.743. The minimum Gasteiger partial charge on any atom is -0.493 e. The number of nitrogens with zero attached hydrogens (tertiary/aromatic N) is 1. The van der Waals surface area contributed by atoms with Gasteiger partial charge >= 0.3 is 6.16 Å². The molecule has 6 nitrogen and oxygen atoms in total. The van der Waals surface area contributed by atoms with Gasteiger partial charge in [-0.2, -0.15) is 0 Å². The highest BCUT2D eigenvalue weighted by atomic mass is 16.8. The first-order valence-electron chi connectivity index (χ1n) is 8.06. The molecular weight excluding hydrogens is 298 g/mol. The zero-order valence-corrected chi connectivity index (χ0v) is 12.9. The zero-order valence-electron chi connectivity index (χ0n) is 12.9. The van der Waals surface area contributed by atoms with Gasteiger partial charge in [-0.05, 0) is 36.6 Å². The summed E-state index contributed by atoms with van der Waals surface area (Å²) in [5.74, 6) is 0.916. The zero-order chi connectivity index (χ0) is 15.9. The van der Waals surface area contributed by atoms with Gasteiger partial charge in [-0.3, -0.25) is 4.79 Å². The molecule has 0 saturated carbocycles. The predicted molar refractivity (Wildman–Crippen MR) is 80.6 cm³/mol. The molecular formula is C17H19NO5. The van der Waals surface area contributed by atoms with Crippen LogP contribution in [0.2, 0.25) is 0 Å². The fraction of sp³-hybridized carbons (Fsp3) is 0.529. The highest BCUT2D eigenvalue weighted by Crippen LogP contribution is 2.32. The van der Waals surface area contributed by atoms with E-state index >= 15 is 0 Å². The maximum atomic E-state index is 12.7. The minimum atomic E-state index is -0.598. The second kappa shape index (κ2) is 5.44. The SMILES string of the molecule is O=C1OCC2(CCN(C(=O)c3ccc4c(c3)CCCO4)CC2)O1. The van der Waals surface area contributed by atoms with Crippen LogP contribution in [0, 0.1) is 0 Å². The van der Waals surface area contributed by atoms with Crippen LogP contribution in [0.1, 0.15) is 35.2 Å². The topological polar surface area (TPSA) is 65.1 Å². The van der Waals surface area contributed by atoms with E-state index in [2.05, 4.69) is 0 Å². The Kier molecular flexibility index (Phi) is 3.39. The second-order valence-electron chi connectivity index (χ2n) is 6.39. The summed E-state index contributed by atoms with van der Waals surface area (Å²) in [5, 5.41) is 0. The number of carbonyl (C=O) groups excluding carboxylic acids is 2. The number of aryl methyl sites for hydroxylation is 1. The van der Waals surface area contributed by atoms with Crippen LogP contribution < -0.4 is 4.74 Å². The van der Waals surface area contributed by atoms with Crippen molar-refractivity contribution >= 4 is 12.1 Å². The number of hydrogen-bond donors (Lipinski definition) is 0. The number of rotatable bonds is 1. The number of cyclic esters (lactones) is 1. The number of carbonyl (C=O) groups is 2. The van der Waals surface area contributed by atoms with E-state index < -0.39 is 11.8 Å². The van der Waals surface area contributed by atoms with E-state index in [0.29, 0.717) is 38.1 Å². The Morgan fingerprint density at radius 3 is 2.74 bits per heavy atom. The summed E-state index contributed by atoms with van der Waals surface area (Å²) in [6.45, 7) is 2.19. The van der Waals surface area contributed by atoms with Crippen LogP contribution in [0.15, 0.2) is 18.2 Å². The average Bonchev–Trinajstić information content (AvgIpc) is 2.95. The van der Waals surface area contributed by atoms with Gasteiger partial charge in [0.2, 0.25) is 0 Å². The van der Waals surface area contributed by atoms with E-state index in [-0.39, 0.29) is 5.91 Å². The molecule has 1 aromatic rings. The summed E-state index contributed by atoms with van der Waals surface area (Å²) in [6.07, 6.45) is 2.59. The molecule has 2 fully saturated rings. The smallest absolute Gasteiger partial charge is 0.493 e. The summed E-state index contributed by atoms with van der Waals surface area (Å²) in [6, 6.07) is 5.66. The van der Waals surface area contributed by atoms with Crippen molar-refractivity contribution in [1.29, 1.82) is 0 Å². The molecule has 0 bridgehead atoms. The third-order valence-electron chi connectivity index (χ3n) is 4.87. The lowest BCUT2D eigenvalue weighted by molar-refractivity contribution is 0.00281. The number of benzene rings is 1. The summed E-state index contributed by atoms with van der Waals surface area (Å²) in [7, 11) is 0. The Morgan fingerprint density at radius 1 is 1.17 bits per heavy atom. The lowest BCUT2D eigenvalue weighted by atomic mass is 9.92. The first-order valence-corrected chi connectivity index (χ1v) is 8.06. The molecule has 3 heterocycles. The molecule has 0 atom stereocenters. The van der Waals surface area contributed by atoms with Gasteiger partial charge < -0.3 is 19.1 Å². The fourth-order valence-corrected chi connectivity index (χ4v) is 3.47. The first-order chi connectivity index (χ1) is 11.2. The maximum Gasteiger partial charge on any atom is 0.509 e. The Balaban J connectivity index is 1.45. The Hall–Kier alpha value is -2.24. The van der Waals surface area contributed by atoms with Crippen molar-refractivity contribution in [3.05, 3.63) is 29.3 Å². The van der Waals surface area contributed by atoms with Gasteiger partial charge in [0.15, 0.2) is 5.60 Å². The van der Waals surface area contributed by atoms with E-state index in [1.807, 2.05) is 23.1 Å². The van der Waals surface area contributed by atoms with Gasteiger partial charge in [-0.25, -0.2) is 4.79 Å². The van der Waals surface area contributed by atoms with Crippen LogP contribution in [0.25, 0.3) is 0 Å². The highest BCUT2D eigenvalue weighted by Gasteiger charge is 2.45. The van der Waals surface area contributed by atoms with Crippen LogP contribution >= 0.6 is 0 Å². The van der Waals surface area contributed by atoms with Crippen LogP contribution in [0.3, 0.4) is 0 Å². The second-order valence-corrected chi connectivity index (χ2v) is 6.39. The molecule has 0 N–H and O–H groups in total. The summed E-state index contributed by atoms with van der Waals surface area (Å²) in [4.78, 5) is 25.7. The standard InChI is InChI=1S/C17H19NO5/c19-15(13-3-4-14-12(10-13)2-1-9-21-14)18-7-5-17(6-8-18)11-22-16(20)23-17/h3-4,10H,1-2,5-9,11H2. The first kappa shape index (κ1) is 14.4. The van der Waals surface area contributed by atoms with Gasteiger partial charge in [0, 0.05) is 31.5 Å². The molecule has 122 valence electrons. The minimum absolute atomic E-state index is 0.0264. The Morgan fingerprint density at radius 2 is 2.00 bits per heavy atom. The van der Waals surface area contributed by atoms with Crippen LogP contribution in [-0.2, 0) is 15.9 Å². The van der Waals surface area contributed by atoms with Crippen molar-refractivity contribution in [3.63, 3.8) is 0 Å².